The number of halogens is 1. The summed E-state index contributed by atoms with van der Waals surface area (Å²) in [6.07, 6.45) is -0.0420. The standard InChI is InChI=1S/C19H22FN5O4/c1-11-7-16(24(22-11)19(2,3)4)21-18(27)12-8-17(26)23(10-12)13-5-6-14(20)15(9-13)25(28)29/h5-7,9,12H,8,10H2,1-4H3,(H,21,27). The Morgan fingerprint density at radius 2 is 2.03 bits per heavy atom. The third-order valence-corrected chi connectivity index (χ3v) is 4.65. The minimum Gasteiger partial charge on any atom is -0.311 e. The summed E-state index contributed by atoms with van der Waals surface area (Å²) in [7, 11) is 0. The summed E-state index contributed by atoms with van der Waals surface area (Å²) >= 11 is 0. The van der Waals surface area contributed by atoms with Gasteiger partial charge in [-0.1, -0.05) is 0 Å². The smallest absolute Gasteiger partial charge is 0.306 e. The van der Waals surface area contributed by atoms with Crippen LogP contribution in [-0.4, -0.2) is 33.1 Å². The van der Waals surface area contributed by atoms with Gasteiger partial charge in [-0.15, -0.1) is 0 Å². The molecule has 2 amide bonds. The van der Waals surface area contributed by atoms with Gasteiger partial charge in [0.1, 0.15) is 5.82 Å². The highest BCUT2D eigenvalue weighted by molar-refractivity contribution is 6.03. The molecule has 154 valence electrons. The largest absolute Gasteiger partial charge is 0.311 e. The van der Waals surface area contributed by atoms with Gasteiger partial charge in [0.2, 0.25) is 17.6 Å². The van der Waals surface area contributed by atoms with Crippen LogP contribution in [0.3, 0.4) is 0 Å². The van der Waals surface area contributed by atoms with Crippen molar-refractivity contribution in [2.24, 2.45) is 5.92 Å². The first-order valence-electron chi connectivity index (χ1n) is 9.09. The Balaban J connectivity index is 1.78. The molecular weight excluding hydrogens is 381 g/mol. The molecule has 3 rings (SSSR count). The van der Waals surface area contributed by atoms with Gasteiger partial charge in [-0.25, -0.2) is 4.68 Å². The molecule has 1 N–H and O–H groups in total. The summed E-state index contributed by atoms with van der Waals surface area (Å²) in [5.74, 6) is -1.79. The van der Waals surface area contributed by atoms with Crippen molar-refractivity contribution in [3.05, 3.63) is 45.9 Å². The highest BCUT2D eigenvalue weighted by Gasteiger charge is 2.36. The van der Waals surface area contributed by atoms with Crippen molar-refractivity contribution >= 4 is 29.0 Å². The molecule has 2 aromatic rings. The van der Waals surface area contributed by atoms with Crippen LogP contribution >= 0.6 is 0 Å². The Labute approximate surface area is 166 Å². The summed E-state index contributed by atoms with van der Waals surface area (Å²) in [4.78, 5) is 36.5. The molecule has 1 aromatic heterocycles. The maximum atomic E-state index is 13.6. The first kappa shape index (κ1) is 20.4. The molecule has 9 nitrogen and oxygen atoms in total. The molecule has 1 fully saturated rings. The van der Waals surface area contributed by atoms with Gasteiger partial charge in [0.05, 0.1) is 27.8 Å². The monoisotopic (exact) mass is 403 g/mol. The minimum atomic E-state index is -0.981. The van der Waals surface area contributed by atoms with Crippen LogP contribution in [0.1, 0.15) is 32.9 Å². The SMILES string of the molecule is Cc1cc(NC(=O)C2CC(=O)N(c3ccc(F)c([N+](=O)[O-])c3)C2)n(C(C)(C)C)n1. The number of aromatic nitrogens is 2. The predicted octanol–water partition coefficient (Wildman–Crippen LogP) is 2.99. The lowest BCUT2D eigenvalue weighted by atomic mass is 10.1. The predicted molar refractivity (Wildman–Crippen MR) is 104 cm³/mol. The second-order valence-corrected chi connectivity index (χ2v) is 8.04. The number of hydrogen-bond donors (Lipinski definition) is 1. The van der Waals surface area contributed by atoms with Gasteiger partial charge in [-0.3, -0.25) is 19.7 Å². The van der Waals surface area contributed by atoms with Crippen LogP contribution in [0.25, 0.3) is 0 Å². The van der Waals surface area contributed by atoms with E-state index in [0.29, 0.717) is 5.82 Å². The average Bonchev–Trinajstić information content (AvgIpc) is 3.17. The van der Waals surface area contributed by atoms with Crippen molar-refractivity contribution in [1.29, 1.82) is 0 Å². The maximum Gasteiger partial charge on any atom is 0.306 e. The molecule has 10 heteroatoms. The molecule has 0 saturated carbocycles. The van der Waals surface area contributed by atoms with Gasteiger partial charge in [0.15, 0.2) is 0 Å². The summed E-state index contributed by atoms with van der Waals surface area (Å²) in [6.45, 7) is 7.74. The number of nitro groups is 1. The lowest BCUT2D eigenvalue weighted by Gasteiger charge is -2.23. The number of rotatable bonds is 4. The Morgan fingerprint density at radius 3 is 2.66 bits per heavy atom. The number of hydrogen-bond acceptors (Lipinski definition) is 5. The van der Waals surface area contributed by atoms with Crippen molar-refractivity contribution in [2.45, 2.75) is 39.7 Å². The third kappa shape index (κ3) is 4.10. The Morgan fingerprint density at radius 1 is 1.34 bits per heavy atom. The fourth-order valence-corrected chi connectivity index (χ4v) is 3.27. The number of benzene rings is 1. The quantitative estimate of drug-likeness (QED) is 0.623. The van der Waals surface area contributed by atoms with E-state index >= 15 is 0 Å². The molecule has 0 spiro atoms. The van der Waals surface area contributed by atoms with Gasteiger partial charge in [-0.2, -0.15) is 9.49 Å². The van der Waals surface area contributed by atoms with E-state index in [9.17, 15) is 24.1 Å². The van der Waals surface area contributed by atoms with Gasteiger partial charge < -0.3 is 10.2 Å². The van der Waals surface area contributed by atoms with Crippen LogP contribution in [0.4, 0.5) is 21.6 Å². The second-order valence-electron chi connectivity index (χ2n) is 8.04. The number of nitrogens with one attached hydrogen (secondary N) is 1. The molecular formula is C19H22FN5O4. The van der Waals surface area contributed by atoms with E-state index in [1.165, 1.54) is 11.0 Å². The first-order valence-corrected chi connectivity index (χ1v) is 9.09. The number of amides is 2. The Hall–Kier alpha value is -3.30. The van der Waals surface area contributed by atoms with Crippen LogP contribution in [0.2, 0.25) is 0 Å². The highest BCUT2D eigenvalue weighted by atomic mass is 19.1. The zero-order chi connectivity index (χ0) is 21.5. The molecule has 1 aliphatic rings. The zero-order valence-electron chi connectivity index (χ0n) is 16.6. The average molecular weight is 403 g/mol. The van der Waals surface area contributed by atoms with Crippen molar-refractivity contribution < 1.29 is 18.9 Å². The van der Waals surface area contributed by atoms with Crippen LogP contribution in [0.5, 0.6) is 0 Å². The van der Waals surface area contributed by atoms with Gasteiger partial charge in [-0.05, 0) is 39.8 Å². The molecule has 1 atom stereocenters. The van der Waals surface area contributed by atoms with Crippen LogP contribution in [0.15, 0.2) is 24.3 Å². The number of anilines is 2. The lowest BCUT2D eigenvalue weighted by molar-refractivity contribution is -0.387. The van der Waals surface area contributed by atoms with Gasteiger partial charge in [0, 0.05) is 25.1 Å². The molecule has 0 radical (unpaired) electrons. The molecule has 1 saturated heterocycles. The van der Waals surface area contributed by atoms with E-state index in [4.69, 9.17) is 0 Å². The lowest BCUT2D eigenvalue weighted by Crippen LogP contribution is -2.31. The van der Waals surface area contributed by atoms with E-state index in [-0.39, 0.29) is 36.0 Å². The molecule has 0 aliphatic carbocycles. The van der Waals surface area contributed by atoms with E-state index in [1.807, 2.05) is 27.7 Å². The van der Waals surface area contributed by atoms with Crippen LogP contribution in [0, 0.1) is 28.8 Å². The van der Waals surface area contributed by atoms with Crippen molar-refractivity contribution in [3.8, 4) is 0 Å². The van der Waals surface area contributed by atoms with Crippen molar-refractivity contribution in [2.75, 3.05) is 16.8 Å². The number of nitro benzene ring substituents is 1. The fourth-order valence-electron chi connectivity index (χ4n) is 3.27. The van der Waals surface area contributed by atoms with E-state index in [0.717, 1.165) is 17.8 Å². The van der Waals surface area contributed by atoms with E-state index in [2.05, 4.69) is 10.4 Å². The van der Waals surface area contributed by atoms with Gasteiger partial charge in [0.25, 0.3) is 0 Å². The van der Waals surface area contributed by atoms with Crippen LogP contribution < -0.4 is 10.2 Å². The van der Waals surface area contributed by atoms with Gasteiger partial charge >= 0.3 is 5.69 Å². The first-order chi connectivity index (χ1) is 13.5. The number of nitrogens with zero attached hydrogens (tertiary/aromatic N) is 4. The maximum absolute atomic E-state index is 13.6. The molecule has 29 heavy (non-hydrogen) atoms. The molecule has 2 heterocycles. The second kappa shape index (κ2) is 7.26. The zero-order valence-corrected chi connectivity index (χ0v) is 16.6. The Kier molecular flexibility index (Phi) is 5.12. The Bertz CT molecular complexity index is 995. The minimum absolute atomic E-state index is 0.0420. The van der Waals surface area contributed by atoms with E-state index in [1.54, 1.807) is 10.7 Å². The van der Waals surface area contributed by atoms with Crippen LogP contribution in [-0.2, 0) is 15.1 Å². The molecule has 1 aromatic carbocycles. The molecule has 0 bridgehead atoms. The number of aryl methyl sites for hydroxylation is 1. The van der Waals surface area contributed by atoms with Crippen molar-refractivity contribution in [1.82, 2.24) is 9.78 Å². The summed E-state index contributed by atoms with van der Waals surface area (Å²) < 4.78 is 15.3. The normalized spacial score (nSPS) is 16.9. The third-order valence-electron chi connectivity index (χ3n) is 4.65. The fraction of sp³-hybridized carbons (Fsp3) is 0.421. The number of carbonyl (C=O) groups is 2. The summed E-state index contributed by atoms with van der Waals surface area (Å²) in [5.41, 5.74) is -0.124. The highest BCUT2D eigenvalue weighted by Crippen LogP contribution is 2.30. The molecule has 1 unspecified atom stereocenters. The topological polar surface area (TPSA) is 110 Å². The summed E-state index contributed by atoms with van der Waals surface area (Å²) in [5, 5.41) is 18.2. The summed E-state index contributed by atoms with van der Waals surface area (Å²) in [6, 6.07) is 4.99. The molecule has 1 aliphatic heterocycles. The van der Waals surface area contributed by atoms with E-state index < -0.39 is 22.3 Å². The number of carbonyl (C=O) groups excluding carboxylic acids is 2. The van der Waals surface area contributed by atoms with Crippen molar-refractivity contribution in [3.63, 3.8) is 0 Å².